The Hall–Kier alpha value is -3.14. The van der Waals surface area contributed by atoms with Crippen molar-refractivity contribution in [3.63, 3.8) is 0 Å². The van der Waals surface area contributed by atoms with E-state index < -0.39 is 0 Å². The van der Waals surface area contributed by atoms with Crippen LogP contribution < -0.4 is 11.1 Å². The van der Waals surface area contributed by atoms with Crippen LogP contribution in [0.5, 0.6) is 0 Å². The molecule has 0 amide bonds. The molecular formula is C19H17N3O. The molecule has 0 radical (unpaired) electrons. The Morgan fingerprint density at radius 2 is 1.65 bits per heavy atom. The third-order valence-corrected chi connectivity index (χ3v) is 3.53. The summed E-state index contributed by atoms with van der Waals surface area (Å²) in [5.41, 5.74) is 9.28. The average molecular weight is 303 g/mol. The highest BCUT2D eigenvalue weighted by atomic mass is 16.1. The number of benzene rings is 2. The van der Waals surface area contributed by atoms with Crippen LogP contribution in [-0.4, -0.2) is 10.8 Å². The number of nitrogen functional groups attached to an aromatic ring is 1. The summed E-state index contributed by atoms with van der Waals surface area (Å²) in [7, 11) is 0. The third kappa shape index (κ3) is 3.21. The lowest BCUT2D eigenvalue weighted by Crippen LogP contribution is -2.07. The predicted octanol–water partition coefficient (Wildman–Crippen LogP) is 3.95. The second kappa shape index (κ2) is 6.32. The fourth-order valence-electron chi connectivity index (χ4n) is 2.33. The molecule has 3 rings (SSSR count). The van der Waals surface area contributed by atoms with Crippen LogP contribution in [0.4, 0.5) is 17.2 Å². The first-order chi connectivity index (χ1) is 11.1. The number of pyridine rings is 1. The number of hydrogen-bond donors (Lipinski definition) is 2. The summed E-state index contributed by atoms with van der Waals surface area (Å²) in [5.74, 6) is 0.512. The van der Waals surface area contributed by atoms with Crippen LogP contribution in [0.25, 0.3) is 0 Å². The number of carbonyl (C=O) groups is 1. The standard InChI is InChI=1S/C19H17N3O/c1-13-11-12-16(20)19(21-13)22-17-10-6-5-9-15(17)18(23)14-7-3-2-4-8-14/h2-12H,20H2,1H3,(H,21,22). The maximum Gasteiger partial charge on any atom is 0.195 e. The van der Waals surface area contributed by atoms with Crippen molar-refractivity contribution in [1.82, 2.24) is 4.98 Å². The Kier molecular flexibility index (Phi) is 4.06. The van der Waals surface area contributed by atoms with E-state index in [-0.39, 0.29) is 5.78 Å². The number of nitrogens with two attached hydrogens (primary N) is 1. The van der Waals surface area contributed by atoms with Gasteiger partial charge in [0.25, 0.3) is 0 Å². The maximum absolute atomic E-state index is 12.7. The van der Waals surface area contributed by atoms with Crippen LogP contribution in [0.1, 0.15) is 21.6 Å². The average Bonchev–Trinajstić information content (AvgIpc) is 2.59. The van der Waals surface area contributed by atoms with Crippen molar-refractivity contribution in [3.8, 4) is 0 Å². The molecular weight excluding hydrogens is 286 g/mol. The SMILES string of the molecule is Cc1ccc(N)c(Nc2ccccc2C(=O)c2ccccc2)n1. The summed E-state index contributed by atoms with van der Waals surface area (Å²) in [4.78, 5) is 17.1. The van der Waals surface area contributed by atoms with Gasteiger partial charge >= 0.3 is 0 Å². The van der Waals surface area contributed by atoms with Gasteiger partial charge in [0.2, 0.25) is 0 Å². The van der Waals surface area contributed by atoms with E-state index >= 15 is 0 Å². The zero-order chi connectivity index (χ0) is 16.2. The molecule has 4 heteroatoms. The normalized spacial score (nSPS) is 10.3. The third-order valence-electron chi connectivity index (χ3n) is 3.53. The van der Waals surface area contributed by atoms with Crippen LogP contribution >= 0.6 is 0 Å². The van der Waals surface area contributed by atoms with Gasteiger partial charge in [-0.05, 0) is 31.2 Å². The Morgan fingerprint density at radius 1 is 0.957 bits per heavy atom. The van der Waals surface area contributed by atoms with Crippen LogP contribution in [0.3, 0.4) is 0 Å². The van der Waals surface area contributed by atoms with Crippen molar-refractivity contribution in [3.05, 3.63) is 83.6 Å². The van der Waals surface area contributed by atoms with E-state index in [1.54, 1.807) is 24.3 Å². The molecule has 23 heavy (non-hydrogen) atoms. The Bertz CT molecular complexity index is 844. The first-order valence-electron chi connectivity index (χ1n) is 7.34. The number of aromatic nitrogens is 1. The zero-order valence-electron chi connectivity index (χ0n) is 12.8. The van der Waals surface area contributed by atoms with Crippen LogP contribution in [0.2, 0.25) is 0 Å². The monoisotopic (exact) mass is 303 g/mol. The molecule has 4 nitrogen and oxygen atoms in total. The second-order valence-electron chi connectivity index (χ2n) is 5.26. The molecule has 0 saturated carbocycles. The van der Waals surface area contributed by atoms with E-state index in [1.807, 2.05) is 49.4 Å². The zero-order valence-corrected chi connectivity index (χ0v) is 12.8. The number of hydrogen-bond acceptors (Lipinski definition) is 4. The van der Waals surface area contributed by atoms with Crippen LogP contribution in [0.15, 0.2) is 66.7 Å². The van der Waals surface area contributed by atoms with Crippen LogP contribution in [0, 0.1) is 6.92 Å². The molecule has 0 aliphatic heterocycles. The van der Waals surface area contributed by atoms with E-state index in [1.165, 1.54) is 0 Å². The highest BCUT2D eigenvalue weighted by Crippen LogP contribution is 2.25. The van der Waals surface area contributed by atoms with Crippen molar-refractivity contribution in [2.75, 3.05) is 11.1 Å². The van der Waals surface area contributed by atoms with Gasteiger partial charge in [0.15, 0.2) is 11.6 Å². The lowest BCUT2D eigenvalue weighted by Gasteiger charge is -2.13. The number of ketones is 1. The molecule has 0 spiro atoms. The van der Waals surface area contributed by atoms with Gasteiger partial charge in [-0.25, -0.2) is 4.98 Å². The van der Waals surface area contributed by atoms with Crippen molar-refractivity contribution >= 4 is 23.0 Å². The lowest BCUT2D eigenvalue weighted by atomic mass is 10.0. The van der Waals surface area contributed by atoms with E-state index in [2.05, 4.69) is 10.3 Å². The second-order valence-corrected chi connectivity index (χ2v) is 5.26. The molecule has 2 aromatic carbocycles. The number of anilines is 3. The summed E-state index contributed by atoms with van der Waals surface area (Å²) >= 11 is 0. The molecule has 3 N–H and O–H groups in total. The fourth-order valence-corrected chi connectivity index (χ4v) is 2.33. The molecule has 0 bridgehead atoms. The first kappa shape index (κ1) is 14.8. The van der Waals surface area contributed by atoms with Crippen molar-refractivity contribution in [1.29, 1.82) is 0 Å². The van der Waals surface area contributed by atoms with Gasteiger partial charge in [-0.3, -0.25) is 4.79 Å². The summed E-state index contributed by atoms with van der Waals surface area (Å²) < 4.78 is 0. The highest BCUT2D eigenvalue weighted by molar-refractivity contribution is 6.12. The van der Waals surface area contributed by atoms with E-state index in [0.717, 1.165) is 5.69 Å². The lowest BCUT2D eigenvalue weighted by molar-refractivity contribution is 0.103. The van der Waals surface area contributed by atoms with Gasteiger partial charge in [-0.2, -0.15) is 0 Å². The van der Waals surface area contributed by atoms with Gasteiger partial charge in [-0.15, -0.1) is 0 Å². The summed E-state index contributed by atoms with van der Waals surface area (Å²) in [6.07, 6.45) is 0. The van der Waals surface area contributed by atoms with Gasteiger partial charge < -0.3 is 11.1 Å². The van der Waals surface area contributed by atoms with Crippen molar-refractivity contribution in [2.24, 2.45) is 0 Å². The maximum atomic E-state index is 12.7. The summed E-state index contributed by atoms with van der Waals surface area (Å²) in [6.45, 7) is 1.89. The van der Waals surface area contributed by atoms with Crippen molar-refractivity contribution in [2.45, 2.75) is 6.92 Å². The first-order valence-corrected chi connectivity index (χ1v) is 7.34. The van der Waals surface area contributed by atoms with Crippen LogP contribution in [-0.2, 0) is 0 Å². The Labute approximate surface area is 135 Å². The molecule has 1 heterocycles. The molecule has 0 aliphatic carbocycles. The number of para-hydroxylation sites is 1. The van der Waals surface area contributed by atoms with E-state index in [9.17, 15) is 4.79 Å². The number of rotatable bonds is 4. The smallest absolute Gasteiger partial charge is 0.195 e. The topological polar surface area (TPSA) is 68.0 Å². The predicted molar refractivity (Wildman–Crippen MR) is 93.0 cm³/mol. The highest BCUT2D eigenvalue weighted by Gasteiger charge is 2.14. The number of carbonyl (C=O) groups excluding carboxylic acids is 1. The minimum atomic E-state index is -0.0417. The van der Waals surface area contributed by atoms with Gasteiger partial charge in [0.05, 0.1) is 11.4 Å². The van der Waals surface area contributed by atoms with E-state index in [0.29, 0.717) is 28.3 Å². The van der Waals surface area contributed by atoms with E-state index in [4.69, 9.17) is 5.73 Å². The largest absolute Gasteiger partial charge is 0.396 e. The summed E-state index contributed by atoms with van der Waals surface area (Å²) in [6, 6.07) is 20.2. The fraction of sp³-hybridized carbons (Fsp3) is 0.0526. The molecule has 0 saturated heterocycles. The molecule has 0 fully saturated rings. The van der Waals surface area contributed by atoms with Gasteiger partial charge in [0, 0.05) is 16.8 Å². The van der Waals surface area contributed by atoms with Gasteiger partial charge in [-0.1, -0.05) is 42.5 Å². The molecule has 3 aromatic rings. The molecule has 0 unspecified atom stereocenters. The van der Waals surface area contributed by atoms with Gasteiger partial charge in [0.1, 0.15) is 0 Å². The molecule has 114 valence electrons. The number of aryl methyl sites for hydroxylation is 1. The summed E-state index contributed by atoms with van der Waals surface area (Å²) in [5, 5.41) is 3.18. The molecule has 0 atom stereocenters. The number of nitrogens with zero attached hydrogens (tertiary/aromatic N) is 1. The van der Waals surface area contributed by atoms with Crippen molar-refractivity contribution < 1.29 is 4.79 Å². The Balaban J connectivity index is 1.98. The quantitative estimate of drug-likeness (QED) is 0.716. The Morgan fingerprint density at radius 3 is 2.43 bits per heavy atom. The minimum Gasteiger partial charge on any atom is -0.396 e. The minimum absolute atomic E-state index is 0.0417. The molecule has 0 aliphatic rings. The number of nitrogens with one attached hydrogen (secondary N) is 1. The molecule has 1 aromatic heterocycles.